The molecule has 0 saturated carbocycles. The normalized spacial score (nSPS) is 10.9. The Morgan fingerprint density at radius 3 is 1.46 bits per heavy atom. The first-order valence-electron chi connectivity index (χ1n) is 13.9. The van der Waals surface area contributed by atoms with Crippen LogP contribution in [0.2, 0.25) is 0 Å². The molecule has 0 aliphatic carbocycles. The number of aromatic nitrogens is 6. The predicted octanol–water partition coefficient (Wildman–Crippen LogP) is 7.42. The van der Waals surface area contributed by atoms with Gasteiger partial charge in [-0.15, -0.1) is 30.0 Å². The van der Waals surface area contributed by atoms with Crippen LogP contribution in [-0.2, 0) is 6.42 Å². The molecule has 0 radical (unpaired) electrons. The van der Waals surface area contributed by atoms with Crippen LogP contribution in [0.5, 0.6) is 11.5 Å². The molecule has 6 aromatic rings. The zero-order valence-corrected chi connectivity index (χ0v) is 24.5. The molecule has 0 unspecified atom stereocenters. The topological polar surface area (TPSA) is 102 Å². The van der Waals surface area contributed by atoms with Gasteiger partial charge in [-0.05, 0) is 78.8 Å². The molecule has 41 heavy (non-hydrogen) atoms. The molecule has 212 valence electrons. The lowest BCUT2D eigenvalue weighted by atomic mass is 9.99. The lowest BCUT2D eigenvalue weighted by Gasteiger charge is -2.12. The molecule has 0 fully saturated rings. The summed E-state index contributed by atoms with van der Waals surface area (Å²) in [6.07, 6.45) is 0.835. The fourth-order valence-corrected chi connectivity index (χ4v) is 4.15. The number of para-hydroxylation sites is 2. The predicted molar refractivity (Wildman–Crippen MR) is 165 cm³/mol. The van der Waals surface area contributed by atoms with Gasteiger partial charge in [0.25, 0.3) is 0 Å². The molecule has 4 aromatic carbocycles. The number of hydrogen-bond acceptors (Lipinski definition) is 6. The van der Waals surface area contributed by atoms with Crippen molar-refractivity contribution in [2.75, 3.05) is 0 Å². The van der Waals surface area contributed by atoms with Crippen LogP contribution in [0, 0.1) is 18.8 Å². The first kappa shape index (κ1) is 29.3. The van der Waals surface area contributed by atoms with Gasteiger partial charge in [-0.3, -0.25) is 0 Å². The Morgan fingerprint density at radius 1 is 0.610 bits per heavy atom. The number of fused-ring (bicyclic) bond motifs is 2. The summed E-state index contributed by atoms with van der Waals surface area (Å²) in [4.78, 5) is 2.97. The van der Waals surface area contributed by atoms with Crippen molar-refractivity contribution >= 4 is 22.1 Å². The van der Waals surface area contributed by atoms with Crippen LogP contribution in [0.4, 0.5) is 0 Å². The number of nitrogens with zero attached hydrogens (tertiary/aromatic N) is 6. The molecular weight excluding hydrogens is 512 g/mol. The summed E-state index contributed by atoms with van der Waals surface area (Å²) < 4.78 is 0. The molecule has 0 saturated heterocycles. The van der Waals surface area contributed by atoms with Crippen LogP contribution in [0.15, 0.2) is 84.9 Å². The van der Waals surface area contributed by atoms with E-state index in [9.17, 15) is 10.2 Å². The van der Waals surface area contributed by atoms with E-state index in [1.54, 1.807) is 18.2 Å². The lowest BCUT2D eigenvalue weighted by molar-refractivity contribution is 0.455. The number of benzene rings is 4. The Bertz CT molecular complexity index is 1670. The van der Waals surface area contributed by atoms with Gasteiger partial charge in [0.15, 0.2) is 0 Å². The number of phenolic OH excluding ortho intramolecular Hbond substituents is 2. The van der Waals surface area contributed by atoms with Crippen molar-refractivity contribution in [3.05, 3.63) is 96.1 Å². The molecule has 6 rings (SSSR count). The summed E-state index contributed by atoms with van der Waals surface area (Å²) in [7, 11) is 0. The molecule has 2 heterocycles. The zero-order valence-electron chi connectivity index (χ0n) is 24.5. The molecular formula is C33H38N6O2. The molecule has 0 bridgehead atoms. The number of hydrogen-bond donors (Lipinski definition) is 2. The minimum atomic E-state index is 0.169. The monoisotopic (exact) mass is 550 g/mol. The SMILES string of the molecule is CC(C)C.Cc1cc(CC(C)C)c(O)c(-n2nc3ccccc3n2)c1.Oc1ccccc1-n1nc2ccccc2n1. The van der Waals surface area contributed by atoms with Gasteiger partial charge in [0, 0.05) is 0 Å². The van der Waals surface area contributed by atoms with E-state index in [0.29, 0.717) is 17.3 Å². The van der Waals surface area contributed by atoms with Crippen molar-refractivity contribution in [2.24, 2.45) is 11.8 Å². The van der Waals surface area contributed by atoms with Crippen molar-refractivity contribution in [2.45, 2.75) is 48.0 Å². The average molecular weight is 551 g/mol. The molecule has 0 atom stereocenters. The van der Waals surface area contributed by atoms with E-state index >= 15 is 0 Å². The standard InChI is InChI=1S/C17H19N3O.C12H9N3O.C4H10/c1-11(2)8-13-9-12(3)10-16(17(13)21)20-18-14-6-4-5-7-15(14)19-20;16-12-8-4-3-7-11(12)15-13-9-5-1-2-6-10(9)14-15;1-4(2)3/h4-7,9-11,21H,8H2,1-3H3;1-8,16H;4H,1-3H3. The maximum absolute atomic E-state index is 10.5. The van der Waals surface area contributed by atoms with Gasteiger partial charge in [-0.25, -0.2) is 0 Å². The fourth-order valence-electron chi connectivity index (χ4n) is 4.15. The maximum atomic E-state index is 10.5. The summed E-state index contributed by atoms with van der Waals surface area (Å²) >= 11 is 0. The molecule has 2 N–H and O–H groups in total. The Kier molecular flexibility index (Phi) is 9.34. The highest BCUT2D eigenvalue weighted by Crippen LogP contribution is 2.29. The fraction of sp³-hybridized carbons (Fsp3) is 0.273. The van der Waals surface area contributed by atoms with E-state index < -0.39 is 0 Å². The van der Waals surface area contributed by atoms with E-state index in [-0.39, 0.29) is 11.5 Å². The number of aryl methyl sites for hydroxylation is 1. The van der Waals surface area contributed by atoms with Crippen molar-refractivity contribution < 1.29 is 10.2 Å². The van der Waals surface area contributed by atoms with Gasteiger partial charge < -0.3 is 10.2 Å². The summed E-state index contributed by atoms with van der Waals surface area (Å²) in [6, 6.07) is 26.2. The van der Waals surface area contributed by atoms with Gasteiger partial charge >= 0.3 is 0 Å². The average Bonchev–Trinajstić information content (AvgIpc) is 3.55. The molecule has 0 amide bonds. The van der Waals surface area contributed by atoms with Gasteiger partial charge in [0.2, 0.25) is 0 Å². The Balaban J connectivity index is 0.000000172. The van der Waals surface area contributed by atoms with E-state index in [2.05, 4.69) is 55.0 Å². The Hall–Kier alpha value is -4.72. The van der Waals surface area contributed by atoms with Crippen LogP contribution in [0.25, 0.3) is 33.4 Å². The molecule has 2 aromatic heterocycles. The van der Waals surface area contributed by atoms with E-state index in [4.69, 9.17) is 0 Å². The molecule has 0 aliphatic heterocycles. The van der Waals surface area contributed by atoms with E-state index in [1.165, 1.54) is 9.59 Å². The summed E-state index contributed by atoms with van der Waals surface area (Å²) in [5.41, 5.74) is 6.53. The summed E-state index contributed by atoms with van der Waals surface area (Å²) in [5.74, 6) is 1.76. The highest BCUT2D eigenvalue weighted by molar-refractivity contribution is 5.74. The molecule has 0 spiro atoms. The molecule has 8 heteroatoms. The summed E-state index contributed by atoms with van der Waals surface area (Å²) in [6.45, 7) is 12.8. The molecule has 0 aliphatic rings. The van der Waals surface area contributed by atoms with Crippen LogP contribution in [-0.4, -0.2) is 40.2 Å². The minimum absolute atomic E-state index is 0.169. The second kappa shape index (κ2) is 13.1. The first-order chi connectivity index (χ1) is 19.6. The molecule has 8 nitrogen and oxygen atoms in total. The van der Waals surface area contributed by atoms with Crippen molar-refractivity contribution in [1.29, 1.82) is 0 Å². The van der Waals surface area contributed by atoms with Crippen molar-refractivity contribution in [1.82, 2.24) is 30.0 Å². The van der Waals surface area contributed by atoms with Crippen LogP contribution >= 0.6 is 0 Å². The third-order valence-electron chi connectivity index (χ3n) is 5.83. The third-order valence-corrected chi connectivity index (χ3v) is 5.83. The van der Waals surface area contributed by atoms with Crippen LogP contribution in [0.3, 0.4) is 0 Å². The zero-order chi connectivity index (χ0) is 29.5. The maximum Gasteiger partial charge on any atom is 0.146 e. The Morgan fingerprint density at radius 2 is 1.02 bits per heavy atom. The number of phenols is 2. The lowest BCUT2D eigenvalue weighted by Crippen LogP contribution is -2.03. The van der Waals surface area contributed by atoms with Gasteiger partial charge in [-0.1, -0.05) is 77.1 Å². The second-order valence-corrected chi connectivity index (χ2v) is 11.1. The smallest absolute Gasteiger partial charge is 0.146 e. The van der Waals surface area contributed by atoms with Crippen LogP contribution in [0.1, 0.15) is 45.7 Å². The largest absolute Gasteiger partial charge is 0.506 e. The minimum Gasteiger partial charge on any atom is -0.506 e. The van der Waals surface area contributed by atoms with E-state index in [0.717, 1.165) is 45.5 Å². The van der Waals surface area contributed by atoms with Gasteiger partial charge in [0.05, 0.1) is 0 Å². The van der Waals surface area contributed by atoms with Gasteiger partial charge in [0.1, 0.15) is 44.9 Å². The first-order valence-corrected chi connectivity index (χ1v) is 13.9. The highest BCUT2D eigenvalue weighted by atomic mass is 16.3. The summed E-state index contributed by atoms with van der Waals surface area (Å²) in [5, 5.41) is 37.7. The van der Waals surface area contributed by atoms with Crippen molar-refractivity contribution in [3.8, 4) is 22.9 Å². The van der Waals surface area contributed by atoms with Crippen molar-refractivity contribution in [3.63, 3.8) is 0 Å². The number of rotatable bonds is 4. The second-order valence-electron chi connectivity index (χ2n) is 11.1. The van der Waals surface area contributed by atoms with E-state index in [1.807, 2.05) is 73.7 Å². The number of aromatic hydroxyl groups is 2. The highest BCUT2D eigenvalue weighted by Gasteiger charge is 2.14. The van der Waals surface area contributed by atoms with Crippen LogP contribution < -0.4 is 0 Å². The third kappa shape index (κ3) is 7.48. The van der Waals surface area contributed by atoms with Gasteiger partial charge in [-0.2, -0.15) is 0 Å². The Labute approximate surface area is 240 Å². The quantitative estimate of drug-likeness (QED) is 0.237.